The van der Waals surface area contributed by atoms with Crippen LogP contribution in [0.3, 0.4) is 0 Å². The Morgan fingerprint density at radius 1 is 1.04 bits per heavy atom. The van der Waals surface area contributed by atoms with Crippen molar-refractivity contribution in [3.63, 3.8) is 0 Å². The van der Waals surface area contributed by atoms with E-state index in [1.54, 1.807) is 6.26 Å². The Hall–Kier alpha value is -1.63. The van der Waals surface area contributed by atoms with E-state index in [0.717, 1.165) is 22.1 Å². The third-order valence-electron chi connectivity index (χ3n) is 3.81. The summed E-state index contributed by atoms with van der Waals surface area (Å²) in [5.41, 5.74) is 4.09. The lowest BCUT2D eigenvalue weighted by molar-refractivity contribution is 0.575. The molecule has 0 radical (unpaired) electrons. The SMILES string of the molecule is CC(C)(C)c1ccc(-c2coc(-c3c(P)cccc3Cl)n2)cc1. The highest BCUT2D eigenvalue weighted by molar-refractivity contribution is 7.28. The Balaban J connectivity index is 1.96. The van der Waals surface area contributed by atoms with Crippen LogP contribution in [0.2, 0.25) is 5.02 Å². The summed E-state index contributed by atoms with van der Waals surface area (Å²) in [6.07, 6.45) is 1.68. The summed E-state index contributed by atoms with van der Waals surface area (Å²) in [6.45, 7) is 6.61. The van der Waals surface area contributed by atoms with Gasteiger partial charge in [-0.15, -0.1) is 9.24 Å². The lowest BCUT2D eigenvalue weighted by atomic mass is 9.86. The second-order valence-electron chi connectivity index (χ2n) is 6.57. The molecule has 0 aliphatic rings. The highest BCUT2D eigenvalue weighted by Gasteiger charge is 2.16. The van der Waals surface area contributed by atoms with Gasteiger partial charge in [-0.2, -0.15) is 0 Å². The van der Waals surface area contributed by atoms with E-state index in [2.05, 4.69) is 59.3 Å². The average molecular weight is 344 g/mol. The molecule has 1 heterocycles. The van der Waals surface area contributed by atoms with Crippen molar-refractivity contribution in [1.29, 1.82) is 0 Å². The van der Waals surface area contributed by atoms with Gasteiger partial charge in [0.2, 0.25) is 5.89 Å². The summed E-state index contributed by atoms with van der Waals surface area (Å²) < 4.78 is 5.66. The van der Waals surface area contributed by atoms with Gasteiger partial charge in [0.05, 0.1) is 10.6 Å². The summed E-state index contributed by atoms with van der Waals surface area (Å²) in [5.74, 6) is 0.537. The van der Waals surface area contributed by atoms with E-state index in [1.165, 1.54) is 5.56 Å². The number of hydrogen-bond acceptors (Lipinski definition) is 2. The summed E-state index contributed by atoms with van der Waals surface area (Å²) in [7, 11) is 2.67. The first-order valence-electron chi connectivity index (χ1n) is 7.47. The molecule has 0 saturated carbocycles. The molecule has 0 aliphatic heterocycles. The molecule has 4 heteroatoms. The van der Waals surface area contributed by atoms with Gasteiger partial charge in [0.1, 0.15) is 12.0 Å². The van der Waals surface area contributed by atoms with Crippen LogP contribution >= 0.6 is 20.8 Å². The zero-order valence-electron chi connectivity index (χ0n) is 13.4. The normalized spacial score (nSPS) is 11.7. The number of rotatable bonds is 2. The van der Waals surface area contributed by atoms with Crippen LogP contribution in [0, 0.1) is 0 Å². The molecule has 1 aromatic heterocycles. The predicted octanol–water partition coefficient (Wildman–Crippen LogP) is 5.46. The molecule has 0 saturated heterocycles. The molecule has 118 valence electrons. The minimum atomic E-state index is 0.138. The third-order valence-corrected chi connectivity index (χ3v) is 4.61. The molecule has 1 atom stereocenters. The van der Waals surface area contributed by atoms with Gasteiger partial charge < -0.3 is 4.42 Å². The predicted molar refractivity (Wildman–Crippen MR) is 100 cm³/mol. The van der Waals surface area contributed by atoms with Crippen molar-refractivity contribution in [3.05, 3.63) is 59.3 Å². The van der Waals surface area contributed by atoms with Crippen molar-refractivity contribution in [3.8, 4) is 22.7 Å². The highest BCUT2D eigenvalue weighted by atomic mass is 35.5. The third kappa shape index (κ3) is 3.34. The van der Waals surface area contributed by atoms with Gasteiger partial charge in [0.25, 0.3) is 0 Å². The first kappa shape index (κ1) is 16.2. The van der Waals surface area contributed by atoms with E-state index in [4.69, 9.17) is 16.0 Å². The molecule has 0 spiro atoms. The zero-order valence-corrected chi connectivity index (χ0v) is 15.3. The molecular weight excluding hydrogens is 325 g/mol. The monoisotopic (exact) mass is 343 g/mol. The van der Waals surface area contributed by atoms with E-state index in [-0.39, 0.29) is 5.41 Å². The molecule has 1 unspecified atom stereocenters. The zero-order chi connectivity index (χ0) is 16.6. The number of hydrogen-bond donors (Lipinski definition) is 0. The molecule has 0 N–H and O–H groups in total. The Bertz CT molecular complexity index is 811. The Morgan fingerprint density at radius 3 is 2.35 bits per heavy atom. The lowest BCUT2D eigenvalue weighted by Gasteiger charge is -2.18. The highest BCUT2D eigenvalue weighted by Crippen LogP contribution is 2.30. The molecule has 0 fully saturated rings. The minimum absolute atomic E-state index is 0.138. The number of oxazole rings is 1. The Labute approximate surface area is 144 Å². The van der Waals surface area contributed by atoms with E-state index in [1.807, 2.05) is 18.2 Å². The van der Waals surface area contributed by atoms with E-state index < -0.39 is 0 Å². The standard InChI is InChI=1S/C19H19ClNOP/c1-19(2,3)13-9-7-12(8-10-13)15-11-22-18(21-15)17-14(20)5-4-6-16(17)23/h4-11H,23H2,1-3H3. The van der Waals surface area contributed by atoms with Crippen molar-refractivity contribution in [2.75, 3.05) is 0 Å². The van der Waals surface area contributed by atoms with Crippen molar-refractivity contribution < 1.29 is 4.42 Å². The second kappa shape index (κ2) is 6.11. The molecule has 0 bridgehead atoms. The van der Waals surface area contributed by atoms with Crippen LogP contribution in [-0.2, 0) is 5.41 Å². The largest absolute Gasteiger partial charge is 0.444 e. The Morgan fingerprint density at radius 2 is 1.74 bits per heavy atom. The summed E-state index contributed by atoms with van der Waals surface area (Å²) in [5, 5.41) is 1.60. The first-order valence-corrected chi connectivity index (χ1v) is 8.42. The molecule has 23 heavy (non-hydrogen) atoms. The van der Waals surface area contributed by atoms with Gasteiger partial charge >= 0.3 is 0 Å². The average Bonchev–Trinajstić information content (AvgIpc) is 2.96. The van der Waals surface area contributed by atoms with Gasteiger partial charge in [-0.3, -0.25) is 0 Å². The molecule has 2 aromatic carbocycles. The van der Waals surface area contributed by atoms with E-state index in [9.17, 15) is 0 Å². The molecule has 0 amide bonds. The van der Waals surface area contributed by atoms with E-state index >= 15 is 0 Å². The quantitative estimate of drug-likeness (QED) is 0.577. The van der Waals surface area contributed by atoms with Crippen LogP contribution in [-0.4, -0.2) is 4.98 Å². The van der Waals surface area contributed by atoms with E-state index in [0.29, 0.717) is 10.9 Å². The maximum atomic E-state index is 6.28. The second-order valence-corrected chi connectivity index (χ2v) is 7.60. The van der Waals surface area contributed by atoms with Gasteiger partial charge in [-0.1, -0.05) is 68.8 Å². The first-order chi connectivity index (χ1) is 10.9. The van der Waals surface area contributed by atoms with Crippen molar-refractivity contribution in [1.82, 2.24) is 4.98 Å². The lowest BCUT2D eigenvalue weighted by Crippen LogP contribution is -2.10. The fraction of sp³-hybridized carbons (Fsp3) is 0.211. The molecule has 3 rings (SSSR count). The summed E-state index contributed by atoms with van der Waals surface area (Å²) in [6, 6.07) is 14.1. The van der Waals surface area contributed by atoms with Crippen LogP contribution in [0.15, 0.2) is 53.1 Å². The molecule has 3 aromatic rings. The minimum Gasteiger partial charge on any atom is -0.444 e. The van der Waals surface area contributed by atoms with Gasteiger partial charge in [-0.05, 0) is 22.3 Å². The summed E-state index contributed by atoms with van der Waals surface area (Å²) in [4.78, 5) is 4.60. The van der Waals surface area contributed by atoms with Crippen LogP contribution in [0.1, 0.15) is 26.3 Å². The fourth-order valence-electron chi connectivity index (χ4n) is 2.43. The van der Waals surface area contributed by atoms with Crippen LogP contribution in [0.4, 0.5) is 0 Å². The number of aromatic nitrogens is 1. The van der Waals surface area contributed by atoms with Gasteiger partial charge in [0, 0.05) is 5.56 Å². The van der Waals surface area contributed by atoms with Crippen LogP contribution in [0.25, 0.3) is 22.7 Å². The van der Waals surface area contributed by atoms with Crippen LogP contribution < -0.4 is 5.30 Å². The molecule has 2 nitrogen and oxygen atoms in total. The number of nitrogens with zero attached hydrogens (tertiary/aromatic N) is 1. The maximum Gasteiger partial charge on any atom is 0.228 e. The fourth-order valence-corrected chi connectivity index (χ4v) is 3.17. The summed E-state index contributed by atoms with van der Waals surface area (Å²) >= 11 is 6.28. The van der Waals surface area contributed by atoms with Crippen molar-refractivity contribution in [2.45, 2.75) is 26.2 Å². The number of halogens is 1. The number of benzene rings is 2. The van der Waals surface area contributed by atoms with Crippen molar-refractivity contribution in [2.24, 2.45) is 0 Å². The van der Waals surface area contributed by atoms with Crippen molar-refractivity contribution >= 4 is 26.1 Å². The maximum absolute atomic E-state index is 6.28. The van der Waals surface area contributed by atoms with Gasteiger partial charge in [0.15, 0.2) is 0 Å². The Kier molecular flexibility index (Phi) is 4.31. The van der Waals surface area contributed by atoms with Gasteiger partial charge in [-0.25, -0.2) is 4.98 Å². The molecular formula is C19H19ClNOP. The smallest absolute Gasteiger partial charge is 0.228 e. The van der Waals surface area contributed by atoms with Crippen LogP contribution in [0.5, 0.6) is 0 Å². The topological polar surface area (TPSA) is 26.0 Å². The molecule has 0 aliphatic carbocycles.